The number of hydrogen-bond acceptors (Lipinski definition) is 2. The molecule has 0 aliphatic carbocycles. The molecule has 0 aliphatic rings. The zero-order chi connectivity index (χ0) is 39.8. The quantitative estimate of drug-likeness (QED) is 0.111. The Morgan fingerprint density at radius 2 is 0.586 bits per heavy atom. The molecule has 0 N–H and O–H groups in total. The molecule has 58 heavy (non-hydrogen) atoms. The number of hydrogen-bond donors (Lipinski definition) is 0. The summed E-state index contributed by atoms with van der Waals surface area (Å²) in [6.45, 7) is 0. The third-order valence-corrected chi connectivity index (χ3v) is 20.6. The van der Waals surface area contributed by atoms with Crippen LogP contribution in [-0.4, -0.2) is 26.5 Å². The van der Waals surface area contributed by atoms with Crippen molar-refractivity contribution in [2.24, 2.45) is 0 Å². The molecule has 282 valence electrons. The zero-order valence-electron chi connectivity index (χ0n) is 34.2. The zero-order valence-corrected chi connectivity index (χ0v) is 38.4. The molecule has 0 saturated heterocycles. The normalized spacial score (nSPS) is 12.3. The molecule has 0 radical (unpaired) electrons. The maximum atomic E-state index is 2.50. The topological polar surface area (TPSA) is 6.48 Å². The van der Waals surface area contributed by atoms with Crippen molar-refractivity contribution in [3.05, 3.63) is 182 Å². The molecular formula is C54H48Ge2N2. The number of fused-ring (bicyclic) bond motifs is 2. The first-order valence-corrected chi connectivity index (χ1v) is 35.2. The third-order valence-electron chi connectivity index (χ3n) is 12.0. The molecular weight excluding hydrogens is 822 g/mol. The van der Waals surface area contributed by atoms with Crippen molar-refractivity contribution < 1.29 is 0 Å². The molecule has 0 unspecified atom stereocenters. The van der Waals surface area contributed by atoms with Gasteiger partial charge >= 0.3 is 350 Å². The van der Waals surface area contributed by atoms with Gasteiger partial charge in [-0.1, -0.05) is 0 Å². The predicted molar refractivity (Wildman–Crippen MR) is 260 cm³/mol. The van der Waals surface area contributed by atoms with Crippen molar-refractivity contribution in [1.29, 1.82) is 0 Å². The second-order valence-corrected chi connectivity index (χ2v) is 38.9. The van der Waals surface area contributed by atoms with Crippen LogP contribution in [0.3, 0.4) is 0 Å². The van der Waals surface area contributed by atoms with Gasteiger partial charge in [-0.05, 0) is 0 Å². The Morgan fingerprint density at radius 3 is 0.966 bits per heavy atom. The first-order valence-electron chi connectivity index (χ1n) is 20.5. The van der Waals surface area contributed by atoms with Crippen LogP contribution < -0.4 is 18.6 Å². The van der Waals surface area contributed by atoms with Crippen LogP contribution in [0.15, 0.2) is 182 Å². The van der Waals surface area contributed by atoms with E-state index < -0.39 is 26.5 Å². The Labute approximate surface area is 347 Å². The van der Waals surface area contributed by atoms with Crippen LogP contribution in [0.4, 0.5) is 34.1 Å². The van der Waals surface area contributed by atoms with Gasteiger partial charge in [0.1, 0.15) is 0 Å². The van der Waals surface area contributed by atoms with E-state index in [-0.39, 0.29) is 0 Å². The van der Waals surface area contributed by atoms with Gasteiger partial charge in [-0.3, -0.25) is 0 Å². The monoisotopic (exact) mass is 872 g/mol. The van der Waals surface area contributed by atoms with Crippen LogP contribution in [0.1, 0.15) is 0 Å². The molecule has 0 atom stereocenters. The number of rotatable bonds is 8. The maximum absolute atomic E-state index is 2.50. The van der Waals surface area contributed by atoms with Gasteiger partial charge in [-0.2, -0.15) is 0 Å². The Balaban J connectivity index is 1.25. The molecule has 0 aliphatic heterocycles. The van der Waals surface area contributed by atoms with E-state index in [1.807, 2.05) is 0 Å². The summed E-state index contributed by atoms with van der Waals surface area (Å²) in [5.41, 5.74) is 7.08. The summed E-state index contributed by atoms with van der Waals surface area (Å²) in [7, 11) is 0. The molecule has 4 heteroatoms. The minimum atomic E-state index is -2.18. The van der Waals surface area contributed by atoms with Crippen LogP contribution in [0.2, 0.25) is 34.5 Å². The number of anilines is 6. The Morgan fingerprint density at radius 1 is 0.276 bits per heavy atom. The first kappa shape index (κ1) is 36.8. The van der Waals surface area contributed by atoms with Gasteiger partial charge in [0.05, 0.1) is 0 Å². The van der Waals surface area contributed by atoms with Gasteiger partial charge < -0.3 is 0 Å². The van der Waals surface area contributed by atoms with Crippen molar-refractivity contribution in [3.63, 3.8) is 0 Å². The average Bonchev–Trinajstić information content (AvgIpc) is 3.23. The third kappa shape index (κ3) is 6.08. The fourth-order valence-corrected chi connectivity index (χ4v) is 16.1. The summed E-state index contributed by atoms with van der Waals surface area (Å²) in [5.74, 6) is 15.0. The van der Waals surface area contributed by atoms with Crippen molar-refractivity contribution in [1.82, 2.24) is 0 Å². The summed E-state index contributed by atoms with van der Waals surface area (Å²) < 4.78 is 3.09. The Hall–Kier alpha value is -5.55. The van der Waals surface area contributed by atoms with Gasteiger partial charge in [0.25, 0.3) is 0 Å². The van der Waals surface area contributed by atoms with Crippen LogP contribution in [0.25, 0.3) is 53.9 Å². The van der Waals surface area contributed by atoms with E-state index in [2.05, 4.69) is 226 Å². The minimum absolute atomic E-state index is 1.15. The molecule has 10 rings (SSSR count). The molecule has 0 bridgehead atoms. The van der Waals surface area contributed by atoms with Gasteiger partial charge in [0, 0.05) is 0 Å². The summed E-state index contributed by atoms with van der Waals surface area (Å²) in [5, 5.41) is 12.9. The van der Waals surface area contributed by atoms with Gasteiger partial charge in [0.2, 0.25) is 0 Å². The molecule has 0 spiro atoms. The summed E-state index contributed by atoms with van der Waals surface area (Å²) in [6, 6.07) is 68.3. The molecule has 0 amide bonds. The van der Waals surface area contributed by atoms with E-state index in [0.29, 0.717) is 0 Å². The van der Waals surface area contributed by atoms with Crippen LogP contribution in [0, 0.1) is 0 Å². The SMILES string of the molecule is [CH3][Ge]([CH3])([CH3])[c]1ccc(N(c2ccccc2)c2ccc3ccc4c(N(c5ccccc5)c5cc[c]([Ge]([CH3])([CH3])[CH3])c6ccccc56)ccc5ccc2c3c54)c2ccccc12. The van der Waals surface area contributed by atoms with E-state index in [4.69, 9.17) is 0 Å². The number of nitrogens with zero attached hydrogens (tertiary/aromatic N) is 2. The second-order valence-electron chi connectivity index (χ2n) is 17.8. The van der Waals surface area contributed by atoms with E-state index in [0.717, 1.165) is 11.4 Å². The van der Waals surface area contributed by atoms with Gasteiger partial charge in [-0.15, -0.1) is 0 Å². The van der Waals surface area contributed by atoms with E-state index in [1.54, 1.807) is 8.79 Å². The van der Waals surface area contributed by atoms with E-state index in [9.17, 15) is 0 Å². The summed E-state index contributed by atoms with van der Waals surface area (Å²) >= 11 is -4.36. The van der Waals surface area contributed by atoms with Gasteiger partial charge in [-0.25, -0.2) is 0 Å². The molecule has 0 fully saturated rings. The van der Waals surface area contributed by atoms with Crippen molar-refractivity contribution in [3.8, 4) is 0 Å². The standard InChI is InChI=1S/C54H48Ge2N2/c1-55(2,3)47-31-35-49(43-23-15-13-21-41(43)47)57(39-17-9-7-10-18-39)51-33-27-37-26-30-46-52(34-28-38-25-29-45(51)53(37)54(38)46)58(40-19-11-8-12-20-40)50-36-32-48(56(4,5)6)42-22-14-16-24-44(42)50/h7-36H,1-6H3. The fraction of sp³-hybridized carbons (Fsp3) is 0.111. The predicted octanol–water partition coefficient (Wildman–Crippen LogP) is 14.9. The molecule has 10 aromatic carbocycles. The fourth-order valence-electron chi connectivity index (χ4n) is 9.39. The van der Waals surface area contributed by atoms with Crippen molar-refractivity contribution in [2.75, 3.05) is 9.80 Å². The van der Waals surface area contributed by atoms with E-state index >= 15 is 0 Å². The molecule has 0 heterocycles. The molecule has 10 aromatic rings. The first-order chi connectivity index (χ1) is 28.1. The van der Waals surface area contributed by atoms with Crippen LogP contribution in [0.5, 0.6) is 0 Å². The molecule has 0 aromatic heterocycles. The van der Waals surface area contributed by atoms with Crippen LogP contribution in [-0.2, 0) is 0 Å². The summed E-state index contributed by atoms with van der Waals surface area (Å²) in [6.07, 6.45) is 0. The second kappa shape index (κ2) is 14.1. The molecule has 0 saturated carbocycles. The van der Waals surface area contributed by atoms with Crippen molar-refractivity contribution in [2.45, 2.75) is 34.5 Å². The van der Waals surface area contributed by atoms with Crippen molar-refractivity contribution >= 4 is 123 Å². The molecule has 2 nitrogen and oxygen atoms in total. The van der Waals surface area contributed by atoms with E-state index in [1.165, 1.54) is 76.6 Å². The van der Waals surface area contributed by atoms with Gasteiger partial charge in [0.15, 0.2) is 0 Å². The Kier molecular flexibility index (Phi) is 8.92. The Bertz CT molecular complexity index is 2930. The average molecular weight is 870 g/mol. The number of para-hydroxylation sites is 2. The van der Waals surface area contributed by atoms with Crippen LogP contribution >= 0.6 is 0 Å². The summed E-state index contributed by atoms with van der Waals surface area (Å²) in [4.78, 5) is 5.00. The number of benzene rings is 10.